The van der Waals surface area contributed by atoms with Crippen LogP contribution < -0.4 is 10.5 Å². The standard InChI is InChI=1S/C23H27NO2/c1-16(2)12-17-4-9-21(10-5-17)26-22-11-7-18-13-20(23(3,24)15-25)8-6-19(18)14-22/h4-11,13-14,16,25H,12,15,24H2,1-3H3. The second kappa shape index (κ2) is 7.48. The van der Waals surface area contributed by atoms with Crippen molar-refractivity contribution in [1.29, 1.82) is 0 Å². The first kappa shape index (κ1) is 18.4. The zero-order valence-electron chi connectivity index (χ0n) is 15.7. The molecule has 3 N–H and O–H groups in total. The largest absolute Gasteiger partial charge is 0.457 e. The van der Waals surface area contributed by atoms with E-state index in [0.717, 1.165) is 34.3 Å². The van der Waals surface area contributed by atoms with Crippen LogP contribution in [0, 0.1) is 5.92 Å². The molecule has 0 amide bonds. The van der Waals surface area contributed by atoms with Gasteiger partial charge in [0.15, 0.2) is 0 Å². The van der Waals surface area contributed by atoms with Crippen molar-refractivity contribution in [1.82, 2.24) is 0 Å². The van der Waals surface area contributed by atoms with Crippen LogP contribution in [0.15, 0.2) is 60.7 Å². The molecule has 3 aromatic rings. The topological polar surface area (TPSA) is 55.5 Å². The number of ether oxygens (including phenoxy) is 1. The average molecular weight is 349 g/mol. The molecule has 0 aliphatic rings. The molecule has 0 heterocycles. The lowest BCUT2D eigenvalue weighted by molar-refractivity contribution is 0.210. The van der Waals surface area contributed by atoms with Gasteiger partial charge < -0.3 is 15.6 Å². The first-order valence-electron chi connectivity index (χ1n) is 9.08. The third-order valence-electron chi connectivity index (χ3n) is 4.60. The third-order valence-corrected chi connectivity index (χ3v) is 4.60. The molecule has 136 valence electrons. The molecule has 3 heteroatoms. The van der Waals surface area contributed by atoms with Crippen LogP contribution in [0.2, 0.25) is 0 Å². The van der Waals surface area contributed by atoms with E-state index in [2.05, 4.69) is 26.0 Å². The molecule has 0 aliphatic carbocycles. The first-order chi connectivity index (χ1) is 12.4. The minimum atomic E-state index is -0.735. The summed E-state index contributed by atoms with van der Waals surface area (Å²) in [5, 5.41) is 11.6. The SMILES string of the molecule is CC(C)Cc1ccc(Oc2ccc3cc(C(C)(N)CO)ccc3c2)cc1. The van der Waals surface area contributed by atoms with Gasteiger partial charge >= 0.3 is 0 Å². The molecule has 1 unspecified atom stereocenters. The van der Waals surface area contributed by atoms with Gasteiger partial charge in [0.05, 0.1) is 12.1 Å². The maximum atomic E-state index is 9.45. The summed E-state index contributed by atoms with van der Waals surface area (Å²) >= 11 is 0. The van der Waals surface area contributed by atoms with Crippen molar-refractivity contribution in [3.63, 3.8) is 0 Å². The van der Waals surface area contributed by atoms with Gasteiger partial charge in [0.25, 0.3) is 0 Å². The Kier molecular flexibility index (Phi) is 5.30. The fourth-order valence-corrected chi connectivity index (χ4v) is 3.03. The summed E-state index contributed by atoms with van der Waals surface area (Å²) in [7, 11) is 0. The number of nitrogens with two attached hydrogens (primary N) is 1. The highest BCUT2D eigenvalue weighted by molar-refractivity contribution is 5.84. The summed E-state index contributed by atoms with van der Waals surface area (Å²) in [6.07, 6.45) is 1.08. The molecular weight excluding hydrogens is 322 g/mol. The molecule has 0 saturated carbocycles. The third kappa shape index (κ3) is 4.24. The number of hydrogen-bond acceptors (Lipinski definition) is 3. The summed E-state index contributed by atoms with van der Waals surface area (Å²) in [4.78, 5) is 0. The Bertz CT molecular complexity index is 882. The monoisotopic (exact) mass is 349 g/mol. The summed E-state index contributed by atoms with van der Waals surface area (Å²) in [5.74, 6) is 2.29. The van der Waals surface area contributed by atoms with E-state index in [1.807, 2.05) is 55.5 Å². The van der Waals surface area contributed by atoms with E-state index in [-0.39, 0.29) is 6.61 Å². The van der Waals surface area contributed by atoms with Crippen molar-refractivity contribution in [3.05, 3.63) is 71.8 Å². The van der Waals surface area contributed by atoms with Crippen molar-refractivity contribution < 1.29 is 9.84 Å². The van der Waals surface area contributed by atoms with E-state index in [9.17, 15) is 5.11 Å². The smallest absolute Gasteiger partial charge is 0.128 e. The highest BCUT2D eigenvalue weighted by Crippen LogP contribution is 2.28. The van der Waals surface area contributed by atoms with Gasteiger partial charge in [0.2, 0.25) is 0 Å². The number of fused-ring (bicyclic) bond motifs is 1. The number of rotatable bonds is 6. The number of benzene rings is 3. The van der Waals surface area contributed by atoms with Crippen LogP contribution in [-0.2, 0) is 12.0 Å². The molecular formula is C23H27NO2. The van der Waals surface area contributed by atoms with Gasteiger partial charge in [-0.05, 0) is 71.5 Å². The van der Waals surface area contributed by atoms with Crippen LogP contribution in [-0.4, -0.2) is 11.7 Å². The fraction of sp³-hybridized carbons (Fsp3) is 0.304. The van der Waals surface area contributed by atoms with Gasteiger partial charge in [-0.15, -0.1) is 0 Å². The highest BCUT2D eigenvalue weighted by Gasteiger charge is 2.19. The van der Waals surface area contributed by atoms with E-state index in [0.29, 0.717) is 5.92 Å². The number of aliphatic hydroxyl groups is 1. The Morgan fingerprint density at radius 2 is 1.54 bits per heavy atom. The van der Waals surface area contributed by atoms with Crippen LogP contribution in [0.4, 0.5) is 0 Å². The molecule has 3 rings (SSSR count). The van der Waals surface area contributed by atoms with E-state index in [1.165, 1.54) is 5.56 Å². The first-order valence-corrected chi connectivity index (χ1v) is 9.08. The predicted molar refractivity (Wildman–Crippen MR) is 108 cm³/mol. The summed E-state index contributed by atoms with van der Waals surface area (Å²) in [6, 6.07) is 20.3. The van der Waals surface area contributed by atoms with E-state index in [4.69, 9.17) is 10.5 Å². The quantitative estimate of drug-likeness (QED) is 0.658. The Balaban J connectivity index is 1.80. The average Bonchev–Trinajstić information content (AvgIpc) is 2.62. The second-order valence-electron chi connectivity index (χ2n) is 7.64. The van der Waals surface area contributed by atoms with E-state index in [1.54, 1.807) is 0 Å². The molecule has 0 spiro atoms. The highest BCUT2D eigenvalue weighted by atomic mass is 16.5. The minimum Gasteiger partial charge on any atom is -0.457 e. The molecule has 0 fully saturated rings. The molecule has 0 aromatic heterocycles. The maximum Gasteiger partial charge on any atom is 0.128 e. The summed E-state index contributed by atoms with van der Waals surface area (Å²) in [6.45, 7) is 6.18. The van der Waals surface area contributed by atoms with Crippen LogP contribution in [0.1, 0.15) is 31.9 Å². The van der Waals surface area contributed by atoms with Gasteiger partial charge in [-0.2, -0.15) is 0 Å². The Morgan fingerprint density at radius 3 is 2.19 bits per heavy atom. The Hall–Kier alpha value is -2.36. The van der Waals surface area contributed by atoms with Crippen molar-refractivity contribution >= 4 is 10.8 Å². The molecule has 0 aliphatic heterocycles. The second-order valence-corrected chi connectivity index (χ2v) is 7.64. The van der Waals surface area contributed by atoms with Gasteiger partial charge in [-0.3, -0.25) is 0 Å². The van der Waals surface area contributed by atoms with Gasteiger partial charge in [0.1, 0.15) is 11.5 Å². The van der Waals surface area contributed by atoms with Crippen LogP contribution >= 0.6 is 0 Å². The van der Waals surface area contributed by atoms with Crippen LogP contribution in [0.3, 0.4) is 0 Å². The predicted octanol–water partition coefficient (Wildman–Crippen LogP) is 5.00. The lowest BCUT2D eigenvalue weighted by Crippen LogP contribution is -2.36. The Labute approximate surface area is 155 Å². The fourth-order valence-electron chi connectivity index (χ4n) is 3.03. The molecule has 0 radical (unpaired) electrons. The molecule has 3 nitrogen and oxygen atoms in total. The Morgan fingerprint density at radius 1 is 0.923 bits per heavy atom. The molecule has 0 bridgehead atoms. The van der Waals surface area contributed by atoms with E-state index < -0.39 is 5.54 Å². The summed E-state index contributed by atoms with van der Waals surface area (Å²) < 4.78 is 6.00. The zero-order chi connectivity index (χ0) is 18.7. The van der Waals surface area contributed by atoms with Crippen molar-refractivity contribution in [2.45, 2.75) is 32.7 Å². The van der Waals surface area contributed by atoms with Crippen molar-refractivity contribution in [3.8, 4) is 11.5 Å². The summed E-state index contributed by atoms with van der Waals surface area (Å²) in [5.41, 5.74) is 7.64. The number of aliphatic hydroxyl groups excluding tert-OH is 1. The lowest BCUT2D eigenvalue weighted by atomic mass is 9.92. The van der Waals surface area contributed by atoms with Gasteiger partial charge in [-0.1, -0.05) is 44.2 Å². The lowest BCUT2D eigenvalue weighted by Gasteiger charge is -2.22. The molecule has 26 heavy (non-hydrogen) atoms. The van der Waals surface area contributed by atoms with Crippen molar-refractivity contribution in [2.75, 3.05) is 6.61 Å². The normalized spacial score (nSPS) is 13.8. The van der Waals surface area contributed by atoms with Gasteiger partial charge in [-0.25, -0.2) is 0 Å². The van der Waals surface area contributed by atoms with Gasteiger partial charge in [0, 0.05) is 0 Å². The van der Waals surface area contributed by atoms with E-state index >= 15 is 0 Å². The molecule has 1 atom stereocenters. The van der Waals surface area contributed by atoms with Crippen LogP contribution in [0.25, 0.3) is 10.8 Å². The minimum absolute atomic E-state index is 0.0908. The molecule has 3 aromatic carbocycles. The maximum absolute atomic E-state index is 9.45. The number of hydrogen-bond donors (Lipinski definition) is 2. The molecule has 0 saturated heterocycles. The zero-order valence-corrected chi connectivity index (χ0v) is 15.7. The van der Waals surface area contributed by atoms with Crippen molar-refractivity contribution in [2.24, 2.45) is 11.7 Å². The van der Waals surface area contributed by atoms with Crippen LogP contribution in [0.5, 0.6) is 11.5 Å².